The summed E-state index contributed by atoms with van der Waals surface area (Å²) in [6, 6.07) is 8.10. The molecule has 3 aromatic heterocycles. The first kappa shape index (κ1) is 24.2. The summed E-state index contributed by atoms with van der Waals surface area (Å²) in [5.41, 5.74) is 6.51. The van der Waals surface area contributed by atoms with Gasteiger partial charge in [0, 0.05) is 11.6 Å². The van der Waals surface area contributed by atoms with Crippen LogP contribution in [0.1, 0.15) is 42.5 Å². The van der Waals surface area contributed by atoms with Crippen molar-refractivity contribution in [3.63, 3.8) is 0 Å². The highest BCUT2D eigenvalue weighted by atomic mass is 32.1. The third-order valence-electron chi connectivity index (χ3n) is 5.18. The van der Waals surface area contributed by atoms with E-state index in [1.807, 2.05) is 32.0 Å². The molecule has 12 heteroatoms. The summed E-state index contributed by atoms with van der Waals surface area (Å²) in [6.45, 7) is 5.34. The number of amides is 2. The van der Waals surface area contributed by atoms with E-state index < -0.39 is 23.7 Å². The van der Waals surface area contributed by atoms with Crippen LogP contribution in [0.15, 0.2) is 36.5 Å². The zero-order valence-electron chi connectivity index (χ0n) is 18.9. The fraction of sp³-hybridized carbons (Fsp3) is 0.217. The molecule has 0 saturated carbocycles. The molecule has 4 aromatic rings. The number of halogens is 3. The number of hydrogen-bond acceptors (Lipinski definition) is 6. The molecular formula is C23H20F3N5O3S. The third kappa shape index (κ3) is 4.97. The zero-order chi connectivity index (χ0) is 25.5. The molecule has 0 fully saturated rings. The Morgan fingerprint density at radius 2 is 1.89 bits per heavy atom. The maximum absolute atomic E-state index is 13.2. The van der Waals surface area contributed by atoms with Crippen molar-refractivity contribution in [1.29, 1.82) is 0 Å². The molecule has 3 heterocycles. The Bertz CT molecular complexity index is 1460. The van der Waals surface area contributed by atoms with E-state index in [0.29, 0.717) is 17.1 Å². The number of hydrogen-bond donors (Lipinski definition) is 2. The number of rotatable bonds is 6. The Morgan fingerprint density at radius 3 is 2.57 bits per heavy atom. The minimum absolute atomic E-state index is 0.00223. The van der Waals surface area contributed by atoms with Gasteiger partial charge in [-0.15, -0.1) is 11.3 Å². The summed E-state index contributed by atoms with van der Waals surface area (Å²) in [5.74, 6) is -0.885. The minimum atomic E-state index is -4.66. The molecule has 0 bridgehead atoms. The van der Waals surface area contributed by atoms with Gasteiger partial charge in [0.05, 0.1) is 5.69 Å². The monoisotopic (exact) mass is 503 g/mol. The number of pyridine rings is 1. The molecule has 0 spiro atoms. The summed E-state index contributed by atoms with van der Waals surface area (Å²) >= 11 is 0.681. The summed E-state index contributed by atoms with van der Waals surface area (Å²) in [4.78, 5) is 28.3. The van der Waals surface area contributed by atoms with E-state index in [0.717, 1.165) is 17.2 Å². The van der Waals surface area contributed by atoms with Gasteiger partial charge in [-0.2, -0.15) is 18.3 Å². The number of primary amides is 1. The van der Waals surface area contributed by atoms with Gasteiger partial charge in [-0.3, -0.25) is 9.59 Å². The summed E-state index contributed by atoms with van der Waals surface area (Å²) < 4.78 is 46.7. The van der Waals surface area contributed by atoms with Crippen LogP contribution in [0.4, 0.5) is 18.9 Å². The number of aromatic nitrogens is 3. The number of alkyl halides is 3. The standard InChI is InChI=1S/C23H20F3N5O3S/c1-11-4-5-12(2)15(8-11)34-10-31-7-6-14(30-31)21(33)29-18-17-13(3)9-16(23(24,25)26)28-22(17)35-19(18)20(27)32/h4-9H,10H2,1-3H3,(H2,27,32)(H,29,33). The average molecular weight is 504 g/mol. The summed E-state index contributed by atoms with van der Waals surface area (Å²) in [5, 5.41) is 6.96. The van der Waals surface area contributed by atoms with Gasteiger partial charge in [0.2, 0.25) is 0 Å². The van der Waals surface area contributed by atoms with Crippen molar-refractivity contribution in [1.82, 2.24) is 14.8 Å². The van der Waals surface area contributed by atoms with Gasteiger partial charge in [-0.1, -0.05) is 12.1 Å². The lowest BCUT2D eigenvalue weighted by molar-refractivity contribution is -0.141. The lowest BCUT2D eigenvalue weighted by atomic mass is 10.1. The molecule has 2 amide bonds. The van der Waals surface area contributed by atoms with Crippen molar-refractivity contribution in [3.05, 3.63) is 69.5 Å². The molecule has 0 saturated heterocycles. The van der Waals surface area contributed by atoms with Crippen LogP contribution in [-0.2, 0) is 12.9 Å². The highest BCUT2D eigenvalue weighted by molar-refractivity contribution is 7.21. The second kappa shape index (κ2) is 9.02. The van der Waals surface area contributed by atoms with Crippen molar-refractivity contribution < 1.29 is 27.5 Å². The maximum atomic E-state index is 13.2. The summed E-state index contributed by atoms with van der Waals surface area (Å²) in [6.07, 6.45) is -3.12. The van der Waals surface area contributed by atoms with E-state index in [2.05, 4.69) is 15.4 Å². The molecule has 0 unspecified atom stereocenters. The normalized spacial score (nSPS) is 11.6. The van der Waals surface area contributed by atoms with E-state index in [-0.39, 0.29) is 38.8 Å². The largest absolute Gasteiger partial charge is 0.471 e. The smallest absolute Gasteiger partial charge is 0.433 e. The third-order valence-corrected chi connectivity index (χ3v) is 6.28. The maximum Gasteiger partial charge on any atom is 0.433 e. The number of nitrogens with one attached hydrogen (secondary N) is 1. The van der Waals surface area contributed by atoms with E-state index in [4.69, 9.17) is 10.5 Å². The molecule has 0 atom stereocenters. The van der Waals surface area contributed by atoms with Gasteiger partial charge >= 0.3 is 6.18 Å². The molecule has 4 rings (SSSR count). The van der Waals surface area contributed by atoms with Crippen LogP contribution in [0.2, 0.25) is 0 Å². The highest BCUT2D eigenvalue weighted by Crippen LogP contribution is 2.39. The van der Waals surface area contributed by atoms with Gasteiger partial charge in [0.1, 0.15) is 21.2 Å². The molecular weight excluding hydrogens is 483 g/mol. The first-order valence-electron chi connectivity index (χ1n) is 10.3. The predicted molar refractivity (Wildman–Crippen MR) is 125 cm³/mol. The van der Waals surface area contributed by atoms with Crippen LogP contribution in [-0.4, -0.2) is 26.6 Å². The van der Waals surface area contributed by atoms with E-state index in [1.165, 1.54) is 17.7 Å². The number of nitrogens with two attached hydrogens (primary N) is 1. The van der Waals surface area contributed by atoms with E-state index in [9.17, 15) is 22.8 Å². The second-order valence-electron chi connectivity index (χ2n) is 7.91. The molecule has 0 aliphatic rings. The number of benzene rings is 1. The predicted octanol–water partition coefficient (Wildman–Crippen LogP) is 4.82. The van der Waals surface area contributed by atoms with Crippen LogP contribution in [0.3, 0.4) is 0 Å². The Morgan fingerprint density at radius 1 is 1.14 bits per heavy atom. The molecule has 8 nitrogen and oxygen atoms in total. The van der Waals surface area contributed by atoms with Crippen LogP contribution < -0.4 is 15.8 Å². The molecule has 0 aliphatic carbocycles. The SMILES string of the molecule is Cc1ccc(C)c(OCn2ccc(C(=O)Nc3c(C(N)=O)sc4nc(C(F)(F)F)cc(C)c34)n2)c1. The van der Waals surface area contributed by atoms with Crippen molar-refractivity contribution in [2.24, 2.45) is 5.73 Å². The quantitative estimate of drug-likeness (QED) is 0.392. The van der Waals surface area contributed by atoms with E-state index in [1.54, 1.807) is 6.20 Å². The zero-order valence-corrected chi connectivity index (χ0v) is 19.7. The van der Waals surface area contributed by atoms with Gasteiger partial charge in [0.15, 0.2) is 12.4 Å². The number of carbonyl (C=O) groups is 2. The molecule has 35 heavy (non-hydrogen) atoms. The Labute approximate surface area is 201 Å². The van der Waals surface area contributed by atoms with Crippen LogP contribution in [0.5, 0.6) is 5.75 Å². The Kier molecular flexibility index (Phi) is 6.24. The number of aryl methyl sites for hydroxylation is 3. The number of fused-ring (bicyclic) bond motifs is 1. The van der Waals surface area contributed by atoms with Gasteiger partial charge in [-0.05, 0) is 55.7 Å². The lowest BCUT2D eigenvalue weighted by Gasteiger charge is -2.10. The molecule has 1 aromatic carbocycles. The van der Waals surface area contributed by atoms with Crippen molar-refractivity contribution >= 4 is 39.1 Å². The van der Waals surface area contributed by atoms with Crippen LogP contribution in [0, 0.1) is 20.8 Å². The second-order valence-corrected chi connectivity index (χ2v) is 8.91. The first-order valence-corrected chi connectivity index (χ1v) is 11.1. The highest BCUT2D eigenvalue weighted by Gasteiger charge is 2.34. The number of nitrogens with zero attached hydrogens (tertiary/aromatic N) is 3. The Hall–Kier alpha value is -3.93. The number of carbonyl (C=O) groups excluding carboxylic acids is 2. The molecule has 0 aliphatic heterocycles. The first-order chi connectivity index (χ1) is 16.4. The number of anilines is 1. The topological polar surface area (TPSA) is 112 Å². The van der Waals surface area contributed by atoms with Gasteiger partial charge < -0.3 is 15.8 Å². The van der Waals surface area contributed by atoms with Crippen LogP contribution in [0.25, 0.3) is 10.2 Å². The fourth-order valence-electron chi connectivity index (χ4n) is 3.45. The van der Waals surface area contributed by atoms with Gasteiger partial charge in [0.25, 0.3) is 11.8 Å². The van der Waals surface area contributed by atoms with Crippen LogP contribution >= 0.6 is 11.3 Å². The molecule has 3 N–H and O–H groups in total. The van der Waals surface area contributed by atoms with Gasteiger partial charge in [-0.25, -0.2) is 9.67 Å². The number of thiophene rings is 1. The minimum Gasteiger partial charge on any atom is -0.471 e. The van der Waals surface area contributed by atoms with Crippen molar-refractivity contribution in [3.8, 4) is 5.75 Å². The Balaban J connectivity index is 1.59. The lowest BCUT2D eigenvalue weighted by Crippen LogP contribution is -2.18. The van der Waals surface area contributed by atoms with Crippen molar-refractivity contribution in [2.45, 2.75) is 33.7 Å². The summed E-state index contributed by atoms with van der Waals surface area (Å²) in [7, 11) is 0. The molecule has 182 valence electrons. The van der Waals surface area contributed by atoms with Crippen molar-refractivity contribution in [2.75, 3.05) is 5.32 Å². The number of ether oxygens (including phenoxy) is 1. The van der Waals surface area contributed by atoms with E-state index >= 15 is 0 Å². The molecule has 0 radical (unpaired) electrons. The average Bonchev–Trinajstić information content (AvgIpc) is 3.39. The fourth-order valence-corrected chi connectivity index (χ4v) is 4.51.